The van der Waals surface area contributed by atoms with E-state index < -0.39 is 0 Å². The Morgan fingerprint density at radius 2 is 2.00 bits per heavy atom. The van der Waals surface area contributed by atoms with Gasteiger partial charge in [0.25, 0.3) is 5.91 Å². The van der Waals surface area contributed by atoms with Gasteiger partial charge in [0, 0.05) is 12.4 Å². The average Bonchev–Trinajstić information content (AvgIpc) is 3.16. The molecule has 0 fully saturated rings. The van der Waals surface area contributed by atoms with Crippen LogP contribution in [0.4, 0.5) is 5.69 Å². The fourth-order valence-corrected chi connectivity index (χ4v) is 2.35. The molecule has 0 aliphatic carbocycles. The molecule has 1 aliphatic rings. The maximum Gasteiger partial charge on any atom is 0.259 e. The molecule has 8 heteroatoms. The Morgan fingerprint density at radius 3 is 2.79 bits per heavy atom. The molecule has 0 saturated carbocycles. The smallest absolute Gasteiger partial charge is 0.259 e. The summed E-state index contributed by atoms with van der Waals surface area (Å²) >= 11 is 0. The molecule has 120 valence electrons. The van der Waals surface area contributed by atoms with Crippen LogP contribution in [-0.4, -0.2) is 38.6 Å². The predicted octanol–water partition coefficient (Wildman–Crippen LogP) is 1.69. The van der Waals surface area contributed by atoms with E-state index in [4.69, 9.17) is 9.47 Å². The van der Waals surface area contributed by atoms with Gasteiger partial charge < -0.3 is 14.8 Å². The number of imidazole rings is 1. The van der Waals surface area contributed by atoms with Gasteiger partial charge in [-0.15, -0.1) is 0 Å². The molecule has 2 aromatic heterocycles. The largest absolute Gasteiger partial charge is 0.486 e. The average molecular weight is 323 g/mol. The fraction of sp³-hybridized carbons (Fsp3) is 0.125. The summed E-state index contributed by atoms with van der Waals surface area (Å²) in [6, 6.07) is 5.21. The number of nitrogens with zero attached hydrogens (tertiary/aromatic N) is 4. The van der Waals surface area contributed by atoms with E-state index in [1.807, 2.05) is 0 Å². The van der Waals surface area contributed by atoms with Crippen molar-refractivity contribution in [3.05, 3.63) is 54.9 Å². The molecule has 0 spiro atoms. The minimum atomic E-state index is -0.309. The lowest BCUT2D eigenvalue weighted by molar-refractivity contribution is 0.101. The summed E-state index contributed by atoms with van der Waals surface area (Å²) < 4.78 is 12.7. The second-order valence-electron chi connectivity index (χ2n) is 5.03. The third-order valence-electron chi connectivity index (χ3n) is 3.44. The van der Waals surface area contributed by atoms with E-state index in [0.717, 1.165) is 0 Å². The molecule has 0 saturated heterocycles. The number of rotatable bonds is 3. The lowest BCUT2D eigenvalue weighted by Crippen LogP contribution is -2.20. The van der Waals surface area contributed by atoms with Crippen LogP contribution in [0.2, 0.25) is 0 Å². The summed E-state index contributed by atoms with van der Waals surface area (Å²) in [5, 5.41) is 2.76. The van der Waals surface area contributed by atoms with Crippen LogP contribution in [0.3, 0.4) is 0 Å². The lowest BCUT2D eigenvalue weighted by atomic mass is 10.1. The van der Waals surface area contributed by atoms with Crippen LogP contribution < -0.4 is 14.8 Å². The van der Waals surface area contributed by atoms with Crippen LogP contribution in [0.5, 0.6) is 11.5 Å². The van der Waals surface area contributed by atoms with Crippen molar-refractivity contribution in [2.45, 2.75) is 0 Å². The van der Waals surface area contributed by atoms with Gasteiger partial charge in [-0.2, -0.15) is 0 Å². The quantitative estimate of drug-likeness (QED) is 0.788. The number of carbonyl (C=O) groups is 1. The van der Waals surface area contributed by atoms with Crippen molar-refractivity contribution in [3.8, 4) is 17.4 Å². The van der Waals surface area contributed by atoms with Gasteiger partial charge in [0.1, 0.15) is 19.5 Å². The molecule has 0 bridgehead atoms. The summed E-state index contributed by atoms with van der Waals surface area (Å²) in [4.78, 5) is 24.8. The van der Waals surface area contributed by atoms with E-state index in [2.05, 4.69) is 20.3 Å². The molecule has 24 heavy (non-hydrogen) atoms. The number of amides is 1. The van der Waals surface area contributed by atoms with Crippen LogP contribution in [0.1, 0.15) is 10.4 Å². The van der Waals surface area contributed by atoms with Crippen molar-refractivity contribution in [2.75, 3.05) is 18.5 Å². The Bertz CT molecular complexity index is 862. The Morgan fingerprint density at radius 1 is 1.17 bits per heavy atom. The number of benzene rings is 1. The summed E-state index contributed by atoms with van der Waals surface area (Å²) in [6.45, 7) is 0.891. The molecule has 0 unspecified atom stereocenters. The number of aromatic nitrogens is 4. The highest BCUT2D eigenvalue weighted by Crippen LogP contribution is 2.33. The zero-order chi connectivity index (χ0) is 16.4. The van der Waals surface area contributed by atoms with E-state index in [1.54, 1.807) is 41.5 Å². The van der Waals surface area contributed by atoms with Crippen molar-refractivity contribution < 1.29 is 14.3 Å². The minimum Gasteiger partial charge on any atom is -0.486 e. The monoisotopic (exact) mass is 323 g/mol. The number of hydrogen-bond donors (Lipinski definition) is 1. The first kappa shape index (κ1) is 14.2. The summed E-state index contributed by atoms with van der Waals surface area (Å²) in [5.74, 6) is 1.19. The number of hydrogen-bond acceptors (Lipinski definition) is 6. The number of fused-ring (bicyclic) bond motifs is 1. The first-order valence-electron chi connectivity index (χ1n) is 7.31. The second-order valence-corrected chi connectivity index (χ2v) is 5.03. The van der Waals surface area contributed by atoms with Gasteiger partial charge in [-0.3, -0.25) is 9.36 Å². The van der Waals surface area contributed by atoms with Crippen molar-refractivity contribution in [1.82, 2.24) is 19.5 Å². The molecule has 4 rings (SSSR count). The maximum atomic E-state index is 12.5. The Hall–Kier alpha value is -3.42. The molecule has 1 aliphatic heterocycles. The predicted molar refractivity (Wildman–Crippen MR) is 84.5 cm³/mol. The van der Waals surface area contributed by atoms with Gasteiger partial charge in [-0.1, -0.05) is 6.07 Å². The minimum absolute atomic E-state index is 0.309. The topological polar surface area (TPSA) is 91.2 Å². The SMILES string of the molecule is O=C(Nc1cnc(-n2ccnc2)nc1)c1cccc2c1OCCO2. The summed E-state index contributed by atoms with van der Waals surface area (Å²) in [7, 11) is 0. The van der Waals surface area contributed by atoms with E-state index in [9.17, 15) is 4.79 Å². The highest BCUT2D eigenvalue weighted by atomic mass is 16.6. The molecule has 0 radical (unpaired) electrons. The molecule has 3 heterocycles. The Kier molecular flexibility index (Phi) is 3.54. The highest BCUT2D eigenvalue weighted by molar-refractivity contribution is 6.06. The first-order valence-corrected chi connectivity index (χ1v) is 7.31. The number of para-hydroxylation sites is 1. The highest BCUT2D eigenvalue weighted by Gasteiger charge is 2.20. The molecule has 1 amide bonds. The Balaban J connectivity index is 1.54. The van der Waals surface area contributed by atoms with E-state index in [1.165, 1.54) is 12.4 Å². The standard InChI is InChI=1S/C16H13N5O3/c22-15(12-2-1-3-13-14(12)24-7-6-23-13)20-11-8-18-16(19-9-11)21-5-4-17-10-21/h1-5,8-10H,6-7H2,(H,20,22). The third kappa shape index (κ3) is 2.65. The van der Waals surface area contributed by atoms with Crippen LogP contribution in [0.15, 0.2) is 49.3 Å². The lowest BCUT2D eigenvalue weighted by Gasteiger charge is -2.20. The van der Waals surface area contributed by atoms with Crippen molar-refractivity contribution in [3.63, 3.8) is 0 Å². The number of nitrogens with one attached hydrogen (secondary N) is 1. The van der Waals surface area contributed by atoms with Gasteiger partial charge in [-0.25, -0.2) is 15.0 Å². The van der Waals surface area contributed by atoms with Crippen molar-refractivity contribution >= 4 is 11.6 Å². The molecule has 8 nitrogen and oxygen atoms in total. The van der Waals surface area contributed by atoms with Crippen molar-refractivity contribution in [2.24, 2.45) is 0 Å². The number of ether oxygens (including phenoxy) is 2. The number of anilines is 1. The van der Waals surface area contributed by atoms with Crippen LogP contribution in [-0.2, 0) is 0 Å². The van der Waals surface area contributed by atoms with E-state index in [0.29, 0.717) is 41.9 Å². The molecular weight excluding hydrogens is 310 g/mol. The van der Waals surface area contributed by atoms with E-state index >= 15 is 0 Å². The van der Waals surface area contributed by atoms with Crippen LogP contribution in [0, 0.1) is 0 Å². The number of carbonyl (C=O) groups excluding carboxylic acids is 1. The zero-order valence-corrected chi connectivity index (χ0v) is 12.5. The first-order chi connectivity index (χ1) is 11.8. The van der Waals surface area contributed by atoms with Crippen LogP contribution in [0.25, 0.3) is 5.95 Å². The normalized spacial score (nSPS) is 12.7. The fourth-order valence-electron chi connectivity index (χ4n) is 2.35. The summed E-state index contributed by atoms with van der Waals surface area (Å²) in [6.07, 6.45) is 8.04. The van der Waals surface area contributed by atoms with Gasteiger partial charge >= 0.3 is 0 Å². The second kappa shape index (κ2) is 5.99. The molecule has 0 atom stereocenters. The molecular formula is C16H13N5O3. The van der Waals surface area contributed by atoms with Gasteiger partial charge in [0.05, 0.1) is 23.6 Å². The van der Waals surface area contributed by atoms with Gasteiger partial charge in [0.15, 0.2) is 11.5 Å². The summed E-state index contributed by atoms with van der Waals surface area (Å²) in [5.41, 5.74) is 0.893. The third-order valence-corrected chi connectivity index (χ3v) is 3.44. The van der Waals surface area contributed by atoms with Gasteiger partial charge in [0.2, 0.25) is 5.95 Å². The zero-order valence-electron chi connectivity index (χ0n) is 12.5. The van der Waals surface area contributed by atoms with Crippen LogP contribution >= 0.6 is 0 Å². The van der Waals surface area contributed by atoms with E-state index in [-0.39, 0.29) is 5.91 Å². The molecule has 1 N–H and O–H groups in total. The molecule has 3 aromatic rings. The van der Waals surface area contributed by atoms with Crippen molar-refractivity contribution in [1.29, 1.82) is 0 Å². The Labute approximate surface area is 137 Å². The van der Waals surface area contributed by atoms with Gasteiger partial charge in [-0.05, 0) is 12.1 Å². The maximum absolute atomic E-state index is 12.5. The molecule has 1 aromatic carbocycles.